The molecule has 1 saturated heterocycles. The van der Waals surface area contributed by atoms with Crippen molar-refractivity contribution >= 4 is 5.97 Å². The molecule has 1 aliphatic heterocycles. The first-order valence-corrected chi connectivity index (χ1v) is 6.51. The highest BCUT2D eigenvalue weighted by atomic mass is 16.5. The van der Waals surface area contributed by atoms with Gasteiger partial charge in [-0.15, -0.1) is 0 Å². The van der Waals surface area contributed by atoms with Crippen LogP contribution in [0.15, 0.2) is 30.3 Å². The van der Waals surface area contributed by atoms with E-state index in [-0.39, 0.29) is 17.6 Å². The molecule has 0 saturated carbocycles. The molecule has 0 unspecified atom stereocenters. The lowest BCUT2D eigenvalue weighted by Gasteiger charge is -2.42. The second-order valence-electron chi connectivity index (χ2n) is 5.50. The molecule has 0 aliphatic carbocycles. The highest BCUT2D eigenvalue weighted by Gasteiger charge is 2.38. The Morgan fingerprint density at radius 1 is 1.42 bits per heavy atom. The molecule has 1 aromatic rings. The summed E-state index contributed by atoms with van der Waals surface area (Å²) >= 11 is 0. The first-order valence-electron chi connectivity index (χ1n) is 6.51. The first kappa shape index (κ1) is 14.0. The molecule has 1 atom stereocenters. The van der Waals surface area contributed by atoms with Gasteiger partial charge in [-0.1, -0.05) is 30.3 Å². The van der Waals surface area contributed by atoms with E-state index in [9.17, 15) is 4.79 Å². The van der Waals surface area contributed by atoms with Gasteiger partial charge in [0.1, 0.15) is 6.04 Å². The molecule has 1 heterocycles. The van der Waals surface area contributed by atoms with E-state index >= 15 is 0 Å². The summed E-state index contributed by atoms with van der Waals surface area (Å²) in [6.45, 7) is 5.90. The summed E-state index contributed by atoms with van der Waals surface area (Å²) in [5.41, 5.74) is 0.952. The third-order valence-electron chi connectivity index (χ3n) is 3.36. The molecule has 0 radical (unpaired) electrons. The normalized spacial score (nSPS) is 23.0. The number of benzene rings is 1. The molecule has 0 bridgehead atoms. The maximum Gasteiger partial charge on any atom is 0.325 e. The lowest BCUT2D eigenvalue weighted by molar-refractivity contribution is -0.166. The Kier molecular flexibility index (Phi) is 4.22. The van der Waals surface area contributed by atoms with Crippen molar-refractivity contribution in [3.05, 3.63) is 35.9 Å². The summed E-state index contributed by atoms with van der Waals surface area (Å²) in [5.74, 6) is -0.230. The molecule has 4 heteroatoms. The Morgan fingerprint density at radius 2 is 2.11 bits per heavy atom. The molecule has 2 rings (SSSR count). The van der Waals surface area contributed by atoms with Crippen molar-refractivity contribution in [1.82, 2.24) is 4.90 Å². The number of morpholine rings is 1. The predicted octanol–water partition coefficient (Wildman–Crippen LogP) is 1.84. The lowest BCUT2D eigenvalue weighted by atomic mass is 10.0. The second-order valence-corrected chi connectivity index (χ2v) is 5.50. The number of carbonyl (C=O) groups excluding carboxylic acids is 1. The van der Waals surface area contributed by atoms with E-state index in [4.69, 9.17) is 9.47 Å². The number of methoxy groups -OCH3 is 1. The quantitative estimate of drug-likeness (QED) is 0.780. The zero-order valence-electron chi connectivity index (χ0n) is 11.8. The van der Waals surface area contributed by atoms with Crippen molar-refractivity contribution < 1.29 is 14.3 Å². The molecule has 104 valence electrons. The highest BCUT2D eigenvalue weighted by Crippen LogP contribution is 2.23. The summed E-state index contributed by atoms with van der Waals surface area (Å²) in [6.07, 6.45) is 0. The molecule has 1 fully saturated rings. The van der Waals surface area contributed by atoms with Gasteiger partial charge in [0.2, 0.25) is 0 Å². The third kappa shape index (κ3) is 3.55. The molecular weight excluding hydrogens is 242 g/mol. The van der Waals surface area contributed by atoms with E-state index in [0.29, 0.717) is 13.2 Å². The second kappa shape index (κ2) is 5.72. The summed E-state index contributed by atoms with van der Waals surface area (Å²) < 4.78 is 10.6. The molecule has 0 N–H and O–H groups in total. The Bertz CT molecular complexity index is 430. The van der Waals surface area contributed by atoms with Crippen molar-refractivity contribution in [3.8, 4) is 0 Å². The number of nitrogens with zero attached hydrogens (tertiary/aromatic N) is 1. The number of hydrogen-bond donors (Lipinski definition) is 0. The average Bonchev–Trinajstić information content (AvgIpc) is 2.38. The van der Waals surface area contributed by atoms with Gasteiger partial charge in [-0.3, -0.25) is 9.69 Å². The van der Waals surface area contributed by atoms with Crippen LogP contribution in [0.25, 0.3) is 0 Å². The number of ether oxygens (including phenoxy) is 2. The first-order chi connectivity index (χ1) is 9.02. The van der Waals surface area contributed by atoms with Crippen LogP contribution in [-0.2, 0) is 20.8 Å². The zero-order chi connectivity index (χ0) is 13.9. The van der Waals surface area contributed by atoms with Gasteiger partial charge in [-0.2, -0.15) is 0 Å². The topological polar surface area (TPSA) is 38.8 Å². The maximum absolute atomic E-state index is 11.8. The average molecular weight is 263 g/mol. The number of esters is 1. The standard InChI is InChI=1S/C15H21NO3/c1-15(2)11-16(9-12-7-5-4-6-8-12)13(10-19-15)14(17)18-3/h4-8,13H,9-11H2,1-3H3/t13-/m1/s1. The zero-order valence-corrected chi connectivity index (χ0v) is 11.8. The van der Waals surface area contributed by atoms with Crippen LogP contribution in [0.5, 0.6) is 0 Å². The minimum atomic E-state index is -0.321. The third-order valence-corrected chi connectivity index (χ3v) is 3.36. The Hall–Kier alpha value is -1.39. The number of carbonyl (C=O) groups is 1. The molecule has 0 spiro atoms. The molecule has 1 aromatic carbocycles. The van der Waals surface area contributed by atoms with Gasteiger partial charge in [0.05, 0.1) is 19.3 Å². The summed E-state index contributed by atoms with van der Waals surface area (Å²) in [6, 6.07) is 9.82. The van der Waals surface area contributed by atoms with Gasteiger partial charge in [0.15, 0.2) is 0 Å². The minimum Gasteiger partial charge on any atom is -0.468 e. The Balaban J connectivity index is 2.13. The number of rotatable bonds is 3. The van der Waals surface area contributed by atoms with Crippen LogP contribution in [0.4, 0.5) is 0 Å². The minimum absolute atomic E-state index is 0.230. The van der Waals surface area contributed by atoms with Crippen molar-refractivity contribution in [2.75, 3.05) is 20.3 Å². The highest BCUT2D eigenvalue weighted by molar-refractivity contribution is 5.76. The lowest BCUT2D eigenvalue weighted by Crippen LogP contribution is -2.56. The molecule has 0 aromatic heterocycles. The van der Waals surface area contributed by atoms with E-state index in [1.807, 2.05) is 32.0 Å². The van der Waals surface area contributed by atoms with Crippen LogP contribution in [0.3, 0.4) is 0 Å². The molecule has 1 aliphatic rings. The van der Waals surface area contributed by atoms with Crippen LogP contribution in [0.2, 0.25) is 0 Å². The van der Waals surface area contributed by atoms with Crippen LogP contribution in [-0.4, -0.2) is 42.8 Å². The molecular formula is C15H21NO3. The monoisotopic (exact) mass is 263 g/mol. The van der Waals surface area contributed by atoms with E-state index in [0.717, 1.165) is 6.54 Å². The van der Waals surface area contributed by atoms with E-state index < -0.39 is 0 Å². The summed E-state index contributed by atoms with van der Waals surface area (Å²) in [5, 5.41) is 0. The van der Waals surface area contributed by atoms with E-state index in [1.165, 1.54) is 12.7 Å². The van der Waals surface area contributed by atoms with Crippen LogP contribution in [0.1, 0.15) is 19.4 Å². The van der Waals surface area contributed by atoms with E-state index in [2.05, 4.69) is 17.0 Å². The summed E-state index contributed by atoms with van der Waals surface area (Å²) in [4.78, 5) is 14.0. The van der Waals surface area contributed by atoms with Gasteiger partial charge in [-0.05, 0) is 19.4 Å². The van der Waals surface area contributed by atoms with Crippen LogP contribution in [0, 0.1) is 0 Å². The smallest absolute Gasteiger partial charge is 0.325 e. The van der Waals surface area contributed by atoms with E-state index in [1.54, 1.807) is 0 Å². The SMILES string of the molecule is COC(=O)[C@H]1COC(C)(C)CN1Cc1ccccc1. The van der Waals surface area contributed by atoms with Crippen LogP contribution < -0.4 is 0 Å². The van der Waals surface area contributed by atoms with Crippen molar-refractivity contribution in [1.29, 1.82) is 0 Å². The van der Waals surface area contributed by atoms with Crippen molar-refractivity contribution in [3.63, 3.8) is 0 Å². The van der Waals surface area contributed by atoms with Gasteiger partial charge in [0, 0.05) is 13.1 Å². The Labute approximate surface area is 114 Å². The Morgan fingerprint density at radius 3 is 2.74 bits per heavy atom. The van der Waals surface area contributed by atoms with Gasteiger partial charge in [0.25, 0.3) is 0 Å². The van der Waals surface area contributed by atoms with Crippen LogP contribution >= 0.6 is 0 Å². The fourth-order valence-corrected chi connectivity index (χ4v) is 2.39. The van der Waals surface area contributed by atoms with Crippen molar-refractivity contribution in [2.24, 2.45) is 0 Å². The van der Waals surface area contributed by atoms with Gasteiger partial charge < -0.3 is 9.47 Å². The van der Waals surface area contributed by atoms with Gasteiger partial charge in [-0.25, -0.2) is 0 Å². The molecule has 19 heavy (non-hydrogen) atoms. The summed E-state index contributed by atoms with van der Waals surface area (Å²) in [7, 11) is 1.42. The fourth-order valence-electron chi connectivity index (χ4n) is 2.39. The molecule has 4 nitrogen and oxygen atoms in total. The number of hydrogen-bond acceptors (Lipinski definition) is 4. The van der Waals surface area contributed by atoms with Gasteiger partial charge >= 0.3 is 5.97 Å². The van der Waals surface area contributed by atoms with Crippen molar-refractivity contribution in [2.45, 2.75) is 32.0 Å². The fraction of sp³-hybridized carbons (Fsp3) is 0.533. The molecule has 0 amide bonds. The maximum atomic E-state index is 11.8. The predicted molar refractivity (Wildman–Crippen MR) is 72.7 cm³/mol. The largest absolute Gasteiger partial charge is 0.468 e.